The highest BCUT2D eigenvalue weighted by Gasteiger charge is 2.24. The number of piperidine rings is 1. The fraction of sp³-hybridized carbons (Fsp3) is 0.333. The van der Waals surface area contributed by atoms with Gasteiger partial charge in [-0.05, 0) is 38.1 Å². The molecule has 4 heteroatoms. The molecule has 0 atom stereocenters. The molecule has 3 rings (SSSR count). The maximum atomic E-state index is 12.5. The number of hydrogen-bond acceptors (Lipinski definition) is 3. The van der Waals surface area contributed by atoms with Gasteiger partial charge in [0.25, 0.3) is 0 Å². The van der Waals surface area contributed by atoms with E-state index >= 15 is 0 Å². The number of fused-ring (bicyclic) bond motifs is 1. The second kappa shape index (κ2) is 4.87. The Kier molecular flexibility index (Phi) is 3.06. The van der Waals surface area contributed by atoms with Gasteiger partial charge in [0, 0.05) is 28.6 Å². The minimum absolute atomic E-state index is 0.121. The predicted octanol–water partition coefficient (Wildman–Crippen LogP) is 2.22. The number of hydrogen-bond donors (Lipinski definition) is 2. The van der Waals surface area contributed by atoms with Crippen molar-refractivity contribution in [2.24, 2.45) is 5.92 Å². The summed E-state index contributed by atoms with van der Waals surface area (Å²) in [5.74, 6) is 0.341. The van der Waals surface area contributed by atoms with Gasteiger partial charge in [0.2, 0.25) is 0 Å². The van der Waals surface area contributed by atoms with Crippen LogP contribution in [-0.4, -0.2) is 23.9 Å². The zero-order chi connectivity index (χ0) is 13.2. The molecule has 0 bridgehead atoms. The molecule has 0 spiro atoms. The number of nitrogens with one attached hydrogen (secondary N) is 2. The van der Waals surface area contributed by atoms with Gasteiger partial charge < -0.3 is 10.3 Å². The molecule has 19 heavy (non-hydrogen) atoms. The van der Waals surface area contributed by atoms with Crippen LogP contribution in [0.3, 0.4) is 0 Å². The molecule has 0 radical (unpaired) electrons. The standard InChI is InChI=1S/C15H15N3O/c16-8-10-1-2-12-13(9-18-14(12)7-10)15(19)11-3-5-17-6-4-11/h1-2,7,9,11,17-18H,3-6H2. The Morgan fingerprint density at radius 2 is 2.11 bits per heavy atom. The first-order chi connectivity index (χ1) is 9.29. The Bertz CT molecular complexity index is 660. The lowest BCUT2D eigenvalue weighted by molar-refractivity contribution is 0.0897. The average Bonchev–Trinajstić information content (AvgIpc) is 2.90. The van der Waals surface area contributed by atoms with Crippen LogP contribution in [0.5, 0.6) is 0 Å². The molecular formula is C15H15N3O. The summed E-state index contributed by atoms with van der Waals surface area (Å²) < 4.78 is 0. The fourth-order valence-corrected chi connectivity index (χ4v) is 2.70. The molecule has 1 aliphatic rings. The number of aromatic amines is 1. The van der Waals surface area contributed by atoms with E-state index in [1.54, 1.807) is 18.3 Å². The Labute approximate surface area is 111 Å². The number of nitriles is 1. The number of carbonyl (C=O) groups excluding carboxylic acids is 1. The van der Waals surface area contributed by atoms with Crippen LogP contribution >= 0.6 is 0 Å². The van der Waals surface area contributed by atoms with Crippen molar-refractivity contribution in [3.8, 4) is 6.07 Å². The summed E-state index contributed by atoms with van der Waals surface area (Å²) in [6.45, 7) is 1.83. The number of carbonyl (C=O) groups is 1. The largest absolute Gasteiger partial charge is 0.360 e. The lowest BCUT2D eigenvalue weighted by atomic mass is 9.89. The Hall–Kier alpha value is -2.12. The second-order valence-corrected chi connectivity index (χ2v) is 4.96. The fourth-order valence-electron chi connectivity index (χ4n) is 2.70. The van der Waals surface area contributed by atoms with Crippen molar-refractivity contribution >= 4 is 16.7 Å². The highest BCUT2D eigenvalue weighted by Crippen LogP contribution is 2.25. The van der Waals surface area contributed by atoms with Gasteiger partial charge in [0.15, 0.2) is 5.78 Å². The molecule has 4 nitrogen and oxygen atoms in total. The smallest absolute Gasteiger partial charge is 0.168 e. The molecule has 0 unspecified atom stereocenters. The normalized spacial score (nSPS) is 16.4. The summed E-state index contributed by atoms with van der Waals surface area (Å²) in [4.78, 5) is 15.6. The van der Waals surface area contributed by atoms with Gasteiger partial charge in [-0.3, -0.25) is 4.79 Å². The molecule has 96 valence electrons. The monoisotopic (exact) mass is 253 g/mol. The van der Waals surface area contributed by atoms with E-state index in [2.05, 4.69) is 16.4 Å². The van der Waals surface area contributed by atoms with Gasteiger partial charge >= 0.3 is 0 Å². The van der Waals surface area contributed by atoms with Crippen LogP contribution in [0, 0.1) is 17.2 Å². The van der Waals surface area contributed by atoms with E-state index < -0.39 is 0 Å². The van der Waals surface area contributed by atoms with Crippen LogP contribution in [0.15, 0.2) is 24.4 Å². The summed E-state index contributed by atoms with van der Waals surface area (Å²) >= 11 is 0. The van der Waals surface area contributed by atoms with Crippen LogP contribution in [-0.2, 0) is 0 Å². The molecule has 1 fully saturated rings. The first-order valence-electron chi connectivity index (χ1n) is 6.56. The van der Waals surface area contributed by atoms with Crippen molar-refractivity contribution in [2.45, 2.75) is 12.8 Å². The molecule has 1 aromatic carbocycles. The quantitative estimate of drug-likeness (QED) is 0.806. The summed E-state index contributed by atoms with van der Waals surface area (Å²) in [6, 6.07) is 7.51. The molecule has 2 heterocycles. The summed E-state index contributed by atoms with van der Waals surface area (Å²) in [5, 5.41) is 13.1. The minimum atomic E-state index is 0.121. The maximum absolute atomic E-state index is 12.5. The Morgan fingerprint density at radius 1 is 1.32 bits per heavy atom. The van der Waals surface area contributed by atoms with E-state index in [0.29, 0.717) is 5.56 Å². The average molecular weight is 253 g/mol. The van der Waals surface area contributed by atoms with Crippen molar-refractivity contribution in [3.05, 3.63) is 35.5 Å². The molecule has 2 aromatic rings. The molecule has 0 aliphatic carbocycles. The third-order valence-corrected chi connectivity index (χ3v) is 3.79. The SMILES string of the molecule is N#Cc1ccc2c(C(=O)C3CCNCC3)c[nH]c2c1. The van der Waals surface area contributed by atoms with Crippen LogP contribution in [0.25, 0.3) is 10.9 Å². The summed E-state index contributed by atoms with van der Waals surface area (Å²) in [7, 11) is 0. The van der Waals surface area contributed by atoms with E-state index in [1.165, 1.54) is 0 Å². The number of H-pyrrole nitrogens is 1. The lowest BCUT2D eigenvalue weighted by Gasteiger charge is -2.21. The molecule has 1 aromatic heterocycles. The molecule has 0 amide bonds. The highest BCUT2D eigenvalue weighted by atomic mass is 16.1. The van der Waals surface area contributed by atoms with Crippen LogP contribution in [0.2, 0.25) is 0 Å². The lowest BCUT2D eigenvalue weighted by Crippen LogP contribution is -2.31. The van der Waals surface area contributed by atoms with Crippen molar-refractivity contribution in [1.29, 1.82) is 5.26 Å². The number of rotatable bonds is 2. The van der Waals surface area contributed by atoms with Crippen molar-refractivity contribution < 1.29 is 4.79 Å². The molecule has 1 saturated heterocycles. The van der Waals surface area contributed by atoms with Crippen molar-refractivity contribution in [3.63, 3.8) is 0 Å². The van der Waals surface area contributed by atoms with E-state index in [-0.39, 0.29) is 11.7 Å². The third kappa shape index (κ3) is 2.13. The van der Waals surface area contributed by atoms with Gasteiger partial charge in [-0.25, -0.2) is 0 Å². The van der Waals surface area contributed by atoms with E-state index in [1.807, 2.05) is 6.07 Å². The Balaban J connectivity index is 1.96. The molecule has 0 saturated carbocycles. The number of ketones is 1. The van der Waals surface area contributed by atoms with Gasteiger partial charge in [-0.15, -0.1) is 0 Å². The van der Waals surface area contributed by atoms with Crippen molar-refractivity contribution in [1.82, 2.24) is 10.3 Å². The zero-order valence-electron chi connectivity index (χ0n) is 10.6. The third-order valence-electron chi connectivity index (χ3n) is 3.79. The second-order valence-electron chi connectivity index (χ2n) is 4.96. The molecular weight excluding hydrogens is 238 g/mol. The Morgan fingerprint density at radius 3 is 2.84 bits per heavy atom. The summed E-state index contributed by atoms with van der Waals surface area (Å²) in [6.07, 6.45) is 3.58. The zero-order valence-corrected chi connectivity index (χ0v) is 10.6. The molecule has 1 aliphatic heterocycles. The maximum Gasteiger partial charge on any atom is 0.168 e. The first-order valence-corrected chi connectivity index (χ1v) is 6.56. The number of aromatic nitrogens is 1. The highest BCUT2D eigenvalue weighted by molar-refractivity contribution is 6.09. The van der Waals surface area contributed by atoms with Gasteiger partial charge in [-0.2, -0.15) is 5.26 Å². The van der Waals surface area contributed by atoms with E-state index in [9.17, 15) is 4.79 Å². The number of nitrogens with zero attached hydrogens (tertiary/aromatic N) is 1. The van der Waals surface area contributed by atoms with Gasteiger partial charge in [0.05, 0.1) is 11.6 Å². The predicted molar refractivity (Wildman–Crippen MR) is 72.9 cm³/mol. The van der Waals surface area contributed by atoms with Gasteiger partial charge in [-0.1, -0.05) is 6.07 Å². The minimum Gasteiger partial charge on any atom is -0.360 e. The van der Waals surface area contributed by atoms with E-state index in [4.69, 9.17) is 5.26 Å². The van der Waals surface area contributed by atoms with Crippen LogP contribution < -0.4 is 5.32 Å². The number of Topliss-reactive ketones (excluding diaryl/α,β-unsaturated/α-hetero) is 1. The van der Waals surface area contributed by atoms with Crippen LogP contribution in [0.1, 0.15) is 28.8 Å². The number of benzene rings is 1. The first kappa shape index (κ1) is 11.9. The van der Waals surface area contributed by atoms with Crippen LogP contribution in [0.4, 0.5) is 0 Å². The molecule has 2 N–H and O–H groups in total. The van der Waals surface area contributed by atoms with Crippen molar-refractivity contribution in [2.75, 3.05) is 13.1 Å². The van der Waals surface area contributed by atoms with Gasteiger partial charge in [0.1, 0.15) is 0 Å². The van der Waals surface area contributed by atoms with E-state index in [0.717, 1.165) is 42.4 Å². The summed E-state index contributed by atoms with van der Waals surface area (Å²) in [5.41, 5.74) is 2.22. The topological polar surface area (TPSA) is 68.7 Å².